The van der Waals surface area contributed by atoms with Crippen molar-refractivity contribution >= 4 is 75.2 Å². The second-order valence-corrected chi connectivity index (χ2v) is 10.9. The Balaban J connectivity index is 1.39. The number of nitrogens with one attached hydrogen (secondary N) is 1. The lowest BCUT2D eigenvalue weighted by molar-refractivity contribution is 1.58. The van der Waals surface area contributed by atoms with Crippen LogP contribution in [0.1, 0.15) is 0 Å². The maximum atomic E-state index is 3.66. The van der Waals surface area contributed by atoms with Crippen LogP contribution in [0.15, 0.2) is 133 Å². The molecule has 0 spiro atoms. The highest BCUT2D eigenvalue weighted by Crippen LogP contribution is 2.43. The lowest BCUT2D eigenvalue weighted by Crippen LogP contribution is -1.93. The Kier molecular flexibility index (Phi) is 4.76. The normalized spacial score (nSPS) is 11.7. The van der Waals surface area contributed by atoms with E-state index in [9.17, 15) is 0 Å². The van der Waals surface area contributed by atoms with Crippen LogP contribution in [0, 0.1) is 0 Å². The minimum absolute atomic E-state index is 1.09. The highest BCUT2D eigenvalue weighted by atomic mass is 32.1. The molecule has 0 atom stereocenters. The fourth-order valence-corrected chi connectivity index (χ4v) is 7.04. The topological polar surface area (TPSA) is 12.0 Å². The summed E-state index contributed by atoms with van der Waals surface area (Å²) in [6.45, 7) is 0. The van der Waals surface area contributed by atoms with E-state index in [1.54, 1.807) is 0 Å². The molecule has 0 aliphatic rings. The van der Waals surface area contributed by atoms with E-state index in [4.69, 9.17) is 0 Å². The average molecular weight is 502 g/mol. The Bertz CT molecular complexity index is 2150. The SMILES string of the molecule is c1ccc(Nc2ccc(-c3ccc4sc5c6ccccc6ccc5c4c3)c3c2ccc2ccccc23)cc1. The highest BCUT2D eigenvalue weighted by Gasteiger charge is 2.14. The Labute approximate surface area is 224 Å². The van der Waals surface area contributed by atoms with Crippen LogP contribution >= 0.6 is 11.3 Å². The summed E-state index contributed by atoms with van der Waals surface area (Å²) in [6, 6.07) is 48.4. The molecule has 0 unspecified atom stereocenters. The van der Waals surface area contributed by atoms with E-state index in [0.29, 0.717) is 0 Å². The van der Waals surface area contributed by atoms with Crippen LogP contribution in [0.2, 0.25) is 0 Å². The van der Waals surface area contributed by atoms with Gasteiger partial charge in [-0.15, -0.1) is 11.3 Å². The average Bonchev–Trinajstić information content (AvgIpc) is 3.36. The molecule has 0 saturated heterocycles. The van der Waals surface area contributed by atoms with Crippen molar-refractivity contribution in [2.45, 2.75) is 0 Å². The van der Waals surface area contributed by atoms with E-state index in [0.717, 1.165) is 11.4 Å². The zero-order valence-corrected chi connectivity index (χ0v) is 21.4. The molecule has 0 saturated carbocycles. The highest BCUT2D eigenvalue weighted by molar-refractivity contribution is 7.26. The molecule has 0 bridgehead atoms. The molecule has 0 aliphatic heterocycles. The van der Waals surface area contributed by atoms with Crippen LogP contribution in [-0.4, -0.2) is 0 Å². The van der Waals surface area contributed by atoms with Gasteiger partial charge in [-0.05, 0) is 68.4 Å². The van der Waals surface area contributed by atoms with Gasteiger partial charge in [0.1, 0.15) is 0 Å². The van der Waals surface area contributed by atoms with Gasteiger partial charge in [0.25, 0.3) is 0 Å². The van der Waals surface area contributed by atoms with E-state index in [2.05, 4.69) is 133 Å². The zero-order valence-electron chi connectivity index (χ0n) is 20.6. The predicted molar refractivity (Wildman–Crippen MR) is 167 cm³/mol. The fraction of sp³-hybridized carbons (Fsp3) is 0. The molecule has 2 heteroatoms. The van der Waals surface area contributed by atoms with E-state index in [1.165, 1.54) is 63.6 Å². The second-order valence-electron chi connectivity index (χ2n) is 9.84. The van der Waals surface area contributed by atoms with Gasteiger partial charge < -0.3 is 5.32 Å². The molecule has 1 aromatic heterocycles. The minimum atomic E-state index is 1.09. The molecule has 1 N–H and O–H groups in total. The maximum Gasteiger partial charge on any atom is 0.0464 e. The van der Waals surface area contributed by atoms with Gasteiger partial charge in [-0.3, -0.25) is 0 Å². The van der Waals surface area contributed by atoms with Crippen LogP contribution in [0.3, 0.4) is 0 Å². The van der Waals surface area contributed by atoms with E-state index < -0.39 is 0 Å². The van der Waals surface area contributed by atoms with E-state index in [1.807, 2.05) is 17.4 Å². The van der Waals surface area contributed by atoms with Crippen molar-refractivity contribution in [3.05, 3.63) is 133 Å². The summed E-state index contributed by atoms with van der Waals surface area (Å²) < 4.78 is 2.70. The molecule has 0 amide bonds. The number of hydrogen-bond donors (Lipinski definition) is 1. The third-order valence-corrected chi connectivity index (χ3v) is 8.85. The molecule has 7 aromatic carbocycles. The van der Waals surface area contributed by atoms with Crippen LogP contribution in [0.5, 0.6) is 0 Å². The molecular weight excluding hydrogens is 478 g/mol. The van der Waals surface area contributed by atoms with Crippen molar-refractivity contribution in [3.63, 3.8) is 0 Å². The van der Waals surface area contributed by atoms with Gasteiger partial charge in [-0.2, -0.15) is 0 Å². The lowest BCUT2D eigenvalue weighted by Gasteiger charge is -2.16. The summed E-state index contributed by atoms with van der Waals surface area (Å²) in [5.74, 6) is 0. The van der Waals surface area contributed by atoms with Crippen LogP contribution in [0.4, 0.5) is 11.4 Å². The van der Waals surface area contributed by atoms with Crippen LogP contribution in [0.25, 0.3) is 63.6 Å². The first-order valence-electron chi connectivity index (χ1n) is 12.9. The third kappa shape index (κ3) is 3.31. The first kappa shape index (κ1) is 21.4. The zero-order chi connectivity index (χ0) is 25.1. The molecule has 178 valence electrons. The number of hydrogen-bond acceptors (Lipinski definition) is 2. The summed E-state index contributed by atoms with van der Waals surface area (Å²) in [7, 11) is 0. The van der Waals surface area contributed by atoms with Gasteiger partial charge in [-0.25, -0.2) is 0 Å². The number of anilines is 2. The van der Waals surface area contributed by atoms with E-state index >= 15 is 0 Å². The van der Waals surface area contributed by atoms with Gasteiger partial charge in [-0.1, -0.05) is 103 Å². The van der Waals surface area contributed by atoms with Crippen molar-refractivity contribution in [1.82, 2.24) is 0 Å². The molecule has 38 heavy (non-hydrogen) atoms. The van der Waals surface area contributed by atoms with Gasteiger partial charge >= 0.3 is 0 Å². The molecule has 8 aromatic rings. The minimum Gasteiger partial charge on any atom is -0.355 e. The van der Waals surface area contributed by atoms with Crippen LogP contribution < -0.4 is 5.32 Å². The Morgan fingerprint density at radius 1 is 0.474 bits per heavy atom. The number of rotatable bonds is 3. The van der Waals surface area contributed by atoms with Crippen molar-refractivity contribution in [3.8, 4) is 11.1 Å². The summed E-state index contributed by atoms with van der Waals surface area (Å²) in [5, 5.41) is 14.0. The molecule has 0 radical (unpaired) electrons. The Morgan fingerprint density at radius 2 is 1.18 bits per heavy atom. The van der Waals surface area contributed by atoms with Crippen molar-refractivity contribution in [2.24, 2.45) is 0 Å². The molecule has 1 heterocycles. The van der Waals surface area contributed by atoms with Gasteiger partial charge in [0.2, 0.25) is 0 Å². The van der Waals surface area contributed by atoms with Crippen molar-refractivity contribution in [2.75, 3.05) is 5.32 Å². The number of thiophene rings is 1. The predicted octanol–water partition coefficient (Wildman–Crippen LogP) is 10.9. The number of benzene rings is 7. The number of fused-ring (bicyclic) bond motifs is 8. The molecule has 0 aliphatic carbocycles. The summed E-state index contributed by atoms with van der Waals surface area (Å²) in [6.07, 6.45) is 0. The van der Waals surface area contributed by atoms with Crippen molar-refractivity contribution < 1.29 is 0 Å². The largest absolute Gasteiger partial charge is 0.355 e. The van der Waals surface area contributed by atoms with Crippen molar-refractivity contribution in [1.29, 1.82) is 0 Å². The maximum absolute atomic E-state index is 3.66. The molecule has 8 rings (SSSR count). The van der Waals surface area contributed by atoms with Gasteiger partial charge in [0.15, 0.2) is 0 Å². The first-order valence-corrected chi connectivity index (χ1v) is 13.8. The summed E-state index contributed by atoms with van der Waals surface area (Å²) in [5.41, 5.74) is 4.72. The third-order valence-electron chi connectivity index (χ3n) is 7.63. The van der Waals surface area contributed by atoms with Gasteiger partial charge in [0.05, 0.1) is 0 Å². The first-order chi connectivity index (χ1) is 18.8. The monoisotopic (exact) mass is 501 g/mol. The Morgan fingerprint density at radius 3 is 2.03 bits per heavy atom. The Hall–Kier alpha value is -4.66. The molecule has 1 nitrogen and oxygen atoms in total. The standard InChI is InChI=1S/C36H23NS/c1-2-10-26(11-3-1)37-33-20-19-28(35-27-12-6-4-8-23(27)15-18-31(33)35)25-16-21-34-32(22-25)30-17-14-24-9-5-7-13-29(24)36(30)38-34/h1-22,37H. The quantitative estimate of drug-likeness (QED) is 0.237. The number of para-hydroxylation sites is 1. The lowest BCUT2D eigenvalue weighted by atomic mass is 9.92. The summed E-state index contributed by atoms with van der Waals surface area (Å²) >= 11 is 1.89. The second kappa shape index (κ2) is 8.44. The van der Waals surface area contributed by atoms with Gasteiger partial charge in [0, 0.05) is 36.9 Å². The van der Waals surface area contributed by atoms with E-state index in [-0.39, 0.29) is 0 Å². The molecule has 0 fully saturated rings. The molecular formula is C36H23NS. The van der Waals surface area contributed by atoms with Crippen LogP contribution in [-0.2, 0) is 0 Å². The summed E-state index contributed by atoms with van der Waals surface area (Å²) in [4.78, 5) is 0. The fourth-order valence-electron chi connectivity index (χ4n) is 5.82. The smallest absolute Gasteiger partial charge is 0.0464 e.